The summed E-state index contributed by atoms with van der Waals surface area (Å²) >= 11 is 3.12. The van der Waals surface area contributed by atoms with Gasteiger partial charge in [-0.3, -0.25) is 10.2 Å². The number of benzene rings is 1. The van der Waals surface area contributed by atoms with Crippen molar-refractivity contribution in [1.29, 1.82) is 0 Å². The molecule has 0 aliphatic heterocycles. The van der Waals surface area contributed by atoms with E-state index >= 15 is 0 Å². The molecule has 1 aromatic carbocycles. The summed E-state index contributed by atoms with van der Waals surface area (Å²) in [6, 6.07) is 6.55. The fourth-order valence-corrected chi connectivity index (χ4v) is 1.48. The maximum atomic E-state index is 11.2. The predicted molar refractivity (Wildman–Crippen MR) is 71.9 cm³/mol. The number of phenolic OH excluding ortho intramolecular Hbond substituents is 1. The maximum absolute atomic E-state index is 11.2. The summed E-state index contributed by atoms with van der Waals surface area (Å²) in [7, 11) is 0. The average molecular weight is 309 g/mol. The van der Waals surface area contributed by atoms with E-state index in [0.717, 1.165) is 5.56 Å². The summed E-state index contributed by atoms with van der Waals surface area (Å²) < 4.78 is 0.334. The molecule has 0 aliphatic carbocycles. The van der Waals surface area contributed by atoms with Crippen LogP contribution < -0.4 is 11.0 Å². The summed E-state index contributed by atoms with van der Waals surface area (Å²) in [5, 5.41) is 19.0. The van der Waals surface area contributed by atoms with E-state index in [1.807, 2.05) is 0 Å². The van der Waals surface area contributed by atoms with E-state index in [-0.39, 0.29) is 11.3 Å². The standard InChI is InChI=1S/C11H9BrN4O2/c12-10-9(6-14-16-11(10)18)15-13-5-7-1-3-8(17)4-2-7/h1-6,17H,(H2,15,16,18)/b13-5-. The Kier molecular flexibility index (Phi) is 3.73. The molecule has 18 heavy (non-hydrogen) atoms. The van der Waals surface area contributed by atoms with Crippen LogP contribution in [0.2, 0.25) is 0 Å². The molecule has 3 N–H and O–H groups in total. The maximum Gasteiger partial charge on any atom is 0.280 e. The van der Waals surface area contributed by atoms with Crippen molar-refractivity contribution < 1.29 is 5.11 Å². The predicted octanol–water partition coefficient (Wildman–Crippen LogP) is 1.68. The van der Waals surface area contributed by atoms with Crippen LogP contribution in [-0.4, -0.2) is 21.5 Å². The Hall–Kier alpha value is -2.15. The van der Waals surface area contributed by atoms with Crippen LogP contribution in [0.5, 0.6) is 5.75 Å². The first-order valence-electron chi connectivity index (χ1n) is 4.98. The quantitative estimate of drug-likeness (QED) is 0.594. The zero-order valence-corrected chi connectivity index (χ0v) is 10.7. The smallest absolute Gasteiger partial charge is 0.280 e. The Labute approximate surface area is 110 Å². The van der Waals surface area contributed by atoms with Crippen LogP contribution in [0, 0.1) is 0 Å². The second-order valence-electron chi connectivity index (χ2n) is 3.39. The van der Waals surface area contributed by atoms with E-state index in [9.17, 15) is 4.79 Å². The van der Waals surface area contributed by atoms with Gasteiger partial charge in [-0.05, 0) is 45.8 Å². The van der Waals surface area contributed by atoms with Crippen LogP contribution in [-0.2, 0) is 0 Å². The number of hydrazone groups is 1. The molecule has 6 nitrogen and oxygen atoms in total. The Morgan fingerprint density at radius 2 is 2.11 bits per heavy atom. The van der Waals surface area contributed by atoms with E-state index in [2.05, 4.69) is 36.7 Å². The monoisotopic (exact) mass is 308 g/mol. The van der Waals surface area contributed by atoms with Crippen molar-refractivity contribution in [2.45, 2.75) is 0 Å². The Bertz CT molecular complexity index is 622. The van der Waals surface area contributed by atoms with Crippen molar-refractivity contribution in [1.82, 2.24) is 10.2 Å². The lowest BCUT2D eigenvalue weighted by atomic mass is 10.2. The molecular formula is C11H9BrN4O2. The number of nitrogens with one attached hydrogen (secondary N) is 2. The first-order valence-corrected chi connectivity index (χ1v) is 5.77. The molecule has 0 fully saturated rings. The molecule has 0 amide bonds. The summed E-state index contributed by atoms with van der Waals surface area (Å²) in [5.74, 6) is 0.196. The van der Waals surface area contributed by atoms with Crippen LogP contribution in [0.25, 0.3) is 0 Å². The molecule has 2 aromatic rings. The number of hydrogen-bond donors (Lipinski definition) is 3. The molecule has 2 rings (SSSR count). The molecule has 0 atom stereocenters. The van der Waals surface area contributed by atoms with Crippen LogP contribution in [0.3, 0.4) is 0 Å². The van der Waals surface area contributed by atoms with Gasteiger partial charge in [0.2, 0.25) is 0 Å². The van der Waals surface area contributed by atoms with E-state index in [1.54, 1.807) is 30.5 Å². The molecule has 0 saturated carbocycles. The number of H-pyrrole nitrogens is 1. The van der Waals surface area contributed by atoms with Gasteiger partial charge in [0.15, 0.2) is 0 Å². The first-order chi connectivity index (χ1) is 8.66. The lowest BCUT2D eigenvalue weighted by Gasteiger charge is -2.00. The molecule has 0 unspecified atom stereocenters. The number of phenols is 1. The van der Waals surface area contributed by atoms with Crippen molar-refractivity contribution in [2.24, 2.45) is 5.10 Å². The summed E-state index contributed by atoms with van der Waals surface area (Å²) in [5.41, 5.74) is 3.64. The Morgan fingerprint density at radius 3 is 2.83 bits per heavy atom. The van der Waals surface area contributed by atoms with Crippen molar-refractivity contribution in [3.05, 3.63) is 50.9 Å². The van der Waals surface area contributed by atoms with E-state index in [1.165, 1.54) is 6.20 Å². The Morgan fingerprint density at radius 1 is 1.39 bits per heavy atom. The first kappa shape index (κ1) is 12.3. The average Bonchev–Trinajstić information content (AvgIpc) is 2.37. The molecular weight excluding hydrogens is 300 g/mol. The minimum atomic E-state index is -0.333. The molecule has 92 valence electrons. The number of halogens is 1. The minimum Gasteiger partial charge on any atom is -0.508 e. The van der Waals surface area contributed by atoms with Crippen molar-refractivity contribution in [3.63, 3.8) is 0 Å². The number of aromatic nitrogens is 2. The van der Waals surface area contributed by atoms with E-state index < -0.39 is 0 Å². The third-order valence-electron chi connectivity index (χ3n) is 2.09. The highest BCUT2D eigenvalue weighted by molar-refractivity contribution is 9.10. The van der Waals surface area contributed by atoms with Gasteiger partial charge < -0.3 is 5.11 Å². The molecule has 1 aromatic heterocycles. The SMILES string of the molecule is O=c1[nH]ncc(N/N=C\c2ccc(O)cc2)c1Br. The number of aromatic amines is 1. The molecule has 0 spiro atoms. The zero-order chi connectivity index (χ0) is 13.0. The second-order valence-corrected chi connectivity index (χ2v) is 4.18. The van der Waals surface area contributed by atoms with Crippen LogP contribution in [0.15, 0.2) is 44.8 Å². The van der Waals surface area contributed by atoms with Crippen molar-refractivity contribution in [3.8, 4) is 5.75 Å². The fourth-order valence-electron chi connectivity index (χ4n) is 1.20. The highest BCUT2D eigenvalue weighted by atomic mass is 79.9. The van der Waals surface area contributed by atoms with Gasteiger partial charge in [0.05, 0.1) is 18.1 Å². The fraction of sp³-hybridized carbons (Fsp3) is 0. The van der Waals surface area contributed by atoms with Gasteiger partial charge >= 0.3 is 0 Å². The third-order valence-corrected chi connectivity index (χ3v) is 2.87. The van der Waals surface area contributed by atoms with Gasteiger partial charge in [0, 0.05) is 0 Å². The number of aromatic hydroxyl groups is 1. The van der Waals surface area contributed by atoms with Crippen LogP contribution in [0.1, 0.15) is 5.56 Å². The second kappa shape index (κ2) is 5.46. The van der Waals surface area contributed by atoms with Crippen LogP contribution in [0.4, 0.5) is 5.69 Å². The Balaban J connectivity index is 2.09. The van der Waals surface area contributed by atoms with Gasteiger partial charge in [-0.1, -0.05) is 0 Å². The van der Waals surface area contributed by atoms with Crippen molar-refractivity contribution >= 4 is 27.8 Å². The van der Waals surface area contributed by atoms with Crippen molar-refractivity contribution in [2.75, 3.05) is 5.43 Å². The lowest BCUT2D eigenvalue weighted by molar-refractivity contribution is 0.475. The minimum absolute atomic E-state index is 0.196. The van der Waals surface area contributed by atoms with E-state index in [0.29, 0.717) is 10.2 Å². The molecule has 0 bridgehead atoms. The van der Waals surface area contributed by atoms with Gasteiger partial charge in [-0.15, -0.1) is 0 Å². The molecule has 7 heteroatoms. The zero-order valence-electron chi connectivity index (χ0n) is 9.09. The van der Waals surface area contributed by atoms with Gasteiger partial charge in [0.1, 0.15) is 10.2 Å². The van der Waals surface area contributed by atoms with Gasteiger partial charge in [-0.2, -0.15) is 10.2 Å². The third kappa shape index (κ3) is 2.95. The topological polar surface area (TPSA) is 90.4 Å². The lowest BCUT2D eigenvalue weighted by Crippen LogP contribution is -2.10. The summed E-state index contributed by atoms with van der Waals surface area (Å²) in [4.78, 5) is 11.2. The number of rotatable bonds is 3. The van der Waals surface area contributed by atoms with Crippen LogP contribution >= 0.6 is 15.9 Å². The molecule has 0 aliphatic rings. The molecule has 0 saturated heterocycles. The summed E-state index contributed by atoms with van der Waals surface area (Å²) in [6.45, 7) is 0. The molecule has 1 heterocycles. The summed E-state index contributed by atoms with van der Waals surface area (Å²) in [6.07, 6.45) is 3.01. The van der Waals surface area contributed by atoms with E-state index in [4.69, 9.17) is 5.11 Å². The largest absolute Gasteiger partial charge is 0.508 e. The number of hydrogen-bond acceptors (Lipinski definition) is 5. The van der Waals surface area contributed by atoms with Gasteiger partial charge in [0.25, 0.3) is 5.56 Å². The number of anilines is 1. The normalized spacial score (nSPS) is 10.7. The highest BCUT2D eigenvalue weighted by Gasteiger charge is 2.02. The van der Waals surface area contributed by atoms with Gasteiger partial charge in [-0.25, -0.2) is 5.10 Å². The number of nitrogens with zero attached hydrogens (tertiary/aromatic N) is 2. The molecule has 0 radical (unpaired) electrons. The highest BCUT2D eigenvalue weighted by Crippen LogP contribution is 2.15.